The number of ketones is 1. The maximum atomic E-state index is 14.3. The highest BCUT2D eigenvalue weighted by Crippen LogP contribution is 2.67. The third-order valence-corrected chi connectivity index (χ3v) is 9.57. The molecule has 2 bridgehead atoms. The summed E-state index contributed by atoms with van der Waals surface area (Å²) in [6, 6.07) is 27.1. The molecule has 0 aliphatic heterocycles. The number of esters is 2. The lowest BCUT2D eigenvalue weighted by atomic mass is 9.39. The summed E-state index contributed by atoms with van der Waals surface area (Å²) in [5.74, 6) is -1.41. The van der Waals surface area contributed by atoms with E-state index in [1.54, 1.807) is 48.5 Å². The molecule has 0 saturated heterocycles. The van der Waals surface area contributed by atoms with Gasteiger partial charge in [-0.25, -0.2) is 9.59 Å². The molecule has 3 aromatic carbocycles. The molecule has 0 aromatic heterocycles. The van der Waals surface area contributed by atoms with Gasteiger partial charge in [0, 0.05) is 22.3 Å². The molecule has 5 heteroatoms. The zero-order chi connectivity index (χ0) is 27.8. The van der Waals surface area contributed by atoms with Crippen molar-refractivity contribution in [1.82, 2.24) is 0 Å². The fourth-order valence-electron chi connectivity index (χ4n) is 7.18. The van der Waals surface area contributed by atoms with Gasteiger partial charge in [-0.05, 0) is 48.9 Å². The maximum absolute atomic E-state index is 14.3. The second-order valence-corrected chi connectivity index (χ2v) is 11.7. The molecule has 3 saturated carbocycles. The lowest BCUT2D eigenvalue weighted by Gasteiger charge is -2.66. The molecule has 0 amide bonds. The van der Waals surface area contributed by atoms with Gasteiger partial charge in [0.1, 0.15) is 12.2 Å². The second kappa shape index (κ2) is 10.4. The minimum atomic E-state index is -0.787. The van der Waals surface area contributed by atoms with Crippen molar-refractivity contribution in [3.63, 3.8) is 0 Å². The SMILES string of the molecule is CC1C(C(=O)c2ccccc2)C2(C(C)C)CCC1(C)C(OC(=O)c1ccccc1)C2OC(=O)c1ccccc1. The third kappa shape index (κ3) is 4.48. The number of carbonyl (C=O) groups excluding carboxylic acids is 3. The summed E-state index contributed by atoms with van der Waals surface area (Å²) >= 11 is 0. The number of benzene rings is 3. The number of fused-ring (bicyclic) bond motifs is 3. The number of carbonyl (C=O) groups is 3. The van der Waals surface area contributed by atoms with Crippen molar-refractivity contribution in [1.29, 1.82) is 0 Å². The molecule has 3 aliphatic carbocycles. The highest BCUT2D eigenvalue weighted by molar-refractivity contribution is 5.99. The van der Waals surface area contributed by atoms with Gasteiger partial charge in [0.05, 0.1) is 11.1 Å². The van der Waals surface area contributed by atoms with Crippen LogP contribution in [0.4, 0.5) is 0 Å². The Kier molecular flexibility index (Phi) is 7.19. The van der Waals surface area contributed by atoms with Crippen molar-refractivity contribution in [2.75, 3.05) is 0 Å². The van der Waals surface area contributed by atoms with Crippen LogP contribution in [0.2, 0.25) is 0 Å². The number of hydrogen-bond donors (Lipinski definition) is 0. The van der Waals surface area contributed by atoms with Gasteiger partial charge >= 0.3 is 11.9 Å². The minimum Gasteiger partial charge on any atom is -0.454 e. The van der Waals surface area contributed by atoms with Crippen LogP contribution in [0.25, 0.3) is 0 Å². The lowest BCUT2D eigenvalue weighted by molar-refractivity contribution is -0.250. The van der Waals surface area contributed by atoms with E-state index in [0.29, 0.717) is 23.1 Å². The zero-order valence-corrected chi connectivity index (χ0v) is 23.0. The van der Waals surface area contributed by atoms with Gasteiger partial charge in [0.15, 0.2) is 5.78 Å². The van der Waals surface area contributed by atoms with E-state index in [9.17, 15) is 14.4 Å². The first-order valence-electron chi connectivity index (χ1n) is 13.8. The van der Waals surface area contributed by atoms with E-state index in [0.717, 1.165) is 6.42 Å². The first-order chi connectivity index (χ1) is 18.7. The fraction of sp³-hybridized carbons (Fsp3) is 0.382. The highest BCUT2D eigenvalue weighted by atomic mass is 16.6. The third-order valence-electron chi connectivity index (χ3n) is 9.57. The Morgan fingerprint density at radius 3 is 1.59 bits per heavy atom. The molecule has 6 unspecified atom stereocenters. The molecule has 39 heavy (non-hydrogen) atoms. The van der Waals surface area contributed by atoms with E-state index < -0.39 is 40.9 Å². The molecular formula is C34H36O5. The molecule has 0 N–H and O–H groups in total. The number of hydrogen-bond acceptors (Lipinski definition) is 5. The van der Waals surface area contributed by atoms with Crippen molar-refractivity contribution in [2.45, 2.75) is 52.7 Å². The van der Waals surface area contributed by atoms with E-state index in [2.05, 4.69) is 27.7 Å². The van der Waals surface area contributed by atoms with Crippen LogP contribution in [-0.2, 0) is 9.47 Å². The molecule has 6 rings (SSSR count). The summed E-state index contributed by atoms with van der Waals surface area (Å²) in [6.07, 6.45) is -0.0351. The van der Waals surface area contributed by atoms with Gasteiger partial charge in [0.25, 0.3) is 0 Å². The highest BCUT2D eigenvalue weighted by Gasteiger charge is 2.71. The van der Waals surface area contributed by atoms with Gasteiger partial charge < -0.3 is 9.47 Å². The molecule has 5 nitrogen and oxygen atoms in total. The van der Waals surface area contributed by atoms with Crippen LogP contribution in [0.15, 0.2) is 91.0 Å². The molecule has 0 heterocycles. The first-order valence-corrected chi connectivity index (χ1v) is 13.8. The zero-order valence-electron chi connectivity index (χ0n) is 23.0. The van der Waals surface area contributed by atoms with Crippen molar-refractivity contribution in [3.8, 4) is 0 Å². The normalized spacial score (nSPS) is 29.6. The van der Waals surface area contributed by atoms with Crippen molar-refractivity contribution >= 4 is 17.7 Å². The van der Waals surface area contributed by atoms with Crippen LogP contribution in [0, 0.1) is 28.6 Å². The Morgan fingerprint density at radius 2 is 1.13 bits per heavy atom. The summed E-state index contributed by atoms with van der Waals surface area (Å²) < 4.78 is 12.7. The quantitative estimate of drug-likeness (QED) is 0.245. The van der Waals surface area contributed by atoms with Crippen LogP contribution in [0.1, 0.15) is 71.6 Å². The van der Waals surface area contributed by atoms with Crippen molar-refractivity contribution < 1.29 is 23.9 Å². The average Bonchev–Trinajstić information content (AvgIpc) is 2.96. The van der Waals surface area contributed by atoms with Crippen LogP contribution in [0.3, 0.4) is 0 Å². The van der Waals surface area contributed by atoms with Crippen molar-refractivity contribution in [3.05, 3.63) is 108 Å². The molecule has 0 radical (unpaired) electrons. The van der Waals surface area contributed by atoms with E-state index >= 15 is 0 Å². The Balaban J connectivity index is 1.62. The van der Waals surface area contributed by atoms with E-state index in [-0.39, 0.29) is 17.6 Å². The van der Waals surface area contributed by atoms with E-state index in [1.165, 1.54) is 0 Å². The topological polar surface area (TPSA) is 69.7 Å². The fourth-order valence-corrected chi connectivity index (χ4v) is 7.18. The van der Waals surface area contributed by atoms with Gasteiger partial charge in [-0.1, -0.05) is 94.4 Å². The van der Waals surface area contributed by atoms with Gasteiger partial charge in [0.2, 0.25) is 0 Å². The number of rotatable bonds is 7. The standard InChI is InChI=1S/C34H36O5/c1-22(2)34-21-20-33(4,23(3)27(34)28(35)24-14-8-5-9-15-24)29(38-31(36)25-16-10-6-11-17-25)30(34)39-32(37)26-18-12-7-13-19-26/h5-19,22-23,27,29-30H,20-21H2,1-4H3. The largest absolute Gasteiger partial charge is 0.454 e. The Morgan fingerprint density at radius 1 is 0.692 bits per heavy atom. The van der Waals surface area contributed by atoms with Gasteiger partial charge in [-0.2, -0.15) is 0 Å². The molecule has 3 fully saturated rings. The Bertz CT molecular complexity index is 1340. The summed E-state index contributed by atoms with van der Waals surface area (Å²) in [6.45, 7) is 8.36. The first kappa shape index (κ1) is 26.9. The Labute approximate surface area is 230 Å². The van der Waals surface area contributed by atoms with Crippen LogP contribution in [0.5, 0.6) is 0 Å². The van der Waals surface area contributed by atoms with Gasteiger partial charge in [-0.15, -0.1) is 0 Å². The second-order valence-electron chi connectivity index (χ2n) is 11.7. The molecule has 6 atom stereocenters. The van der Waals surface area contributed by atoms with Crippen LogP contribution < -0.4 is 0 Å². The lowest BCUT2D eigenvalue weighted by Crippen LogP contribution is -2.72. The maximum Gasteiger partial charge on any atom is 0.338 e. The minimum absolute atomic E-state index is 0.0195. The van der Waals surface area contributed by atoms with Crippen molar-refractivity contribution in [2.24, 2.45) is 28.6 Å². The molecule has 3 aliphatic rings. The summed E-state index contributed by atoms with van der Waals surface area (Å²) in [5, 5.41) is 0. The monoisotopic (exact) mass is 524 g/mol. The molecular weight excluding hydrogens is 488 g/mol. The smallest absolute Gasteiger partial charge is 0.338 e. The van der Waals surface area contributed by atoms with Crippen LogP contribution >= 0.6 is 0 Å². The van der Waals surface area contributed by atoms with Crippen LogP contribution in [-0.4, -0.2) is 29.9 Å². The summed E-state index contributed by atoms with van der Waals surface area (Å²) in [5.41, 5.74) is 0.235. The predicted octanol–water partition coefficient (Wildman–Crippen LogP) is 7.03. The predicted molar refractivity (Wildman–Crippen MR) is 149 cm³/mol. The van der Waals surface area contributed by atoms with E-state index in [1.807, 2.05) is 42.5 Å². The Hall–Kier alpha value is -3.73. The number of Topliss-reactive ketones (excluding diaryl/α,β-unsaturated/α-hetero) is 1. The van der Waals surface area contributed by atoms with Gasteiger partial charge in [-0.3, -0.25) is 4.79 Å². The van der Waals surface area contributed by atoms with E-state index in [4.69, 9.17) is 9.47 Å². The molecule has 3 aromatic rings. The average molecular weight is 525 g/mol. The summed E-state index contributed by atoms with van der Waals surface area (Å²) in [4.78, 5) is 41.2. The molecule has 202 valence electrons. The summed E-state index contributed by atoms with van der Waals surface area (Å²) in [7, 11) is 0. The number of ether oxygens (including phenoxy) is 2. The molecule has 0 spiro atoms.